The zero-order valence-electron chi connectivity index (χ0n) is 15.9. The van der Waals surface area contributed by atoms with Crippen molar-refractivity contribution in [1.29, 1.82) is 0 Å². The average molecular weight is 386 g/mol. The Morgan fingerprint density at radius 1 is 1.04 bits per heavy atom. The van der Waals surface area contributed by atoms with Crippen LogP contribution in [0.5, 0.6) is 11.6 Å². The maximum absolute atomic E-state index is 5.66. The number of hydrogen-bond acceptors (Lipinski definition) is 5. The van der Waals surface area contributed by atoms with E-state index in [1.54, 1.807) is 0 Å². The summed E-state index contributed by atoms with van der Waals surface area (Å²) >= 11 is 0. The lowest BCUT2D eigenvalue weighted by Gasteiger charge is -2.37. The van der Waals surface area contributed by atoms with Crippen molar-refractivity contribution in [2.75, 3.05) is 26.3 Å². The van der Waals surface area contributed by atoms with Crippen LogP contribution in [0.25, 0.3) is 0 Å². The van der Waals surface area contributed by atoms with E-state index in [0.717, 1.165) is 35.9 Å². The molecule has 154 valence electrons. The van der Waals surface area contributed by atoms with Gasteiger partial charge in [-0.1, -0.05) is 14.9 Å². The van der Waals surface area contributed by atoms with E-state index in [-0.39, 0.29) is 20.9 Å². The van der Waals surface area contributed by atoms with E-state index >= 15 is 0 Å². The molecule has 0 amide bonds. The van der Waals surface area contributed by atoms with Crippen molar-refractivity contribution in [3.05, 3.63) is 46.9 Å². The highest BCUT2D eigenvalue weighted by Gasteiger charge is 2.27. The molecule has 4 rings (SSSR count). The summed E-state index contributed by atoms with van der Waals surface area (Å²) in [6, 6.07) is 8.81. The number of pyridine rings is 2. The molecule has 0 N–H and O–H groups in total. The highest BCUT2D eigenvalue weighted by molar-refractivity contribution is 5.36. The number of aryl methyl sites for hydroxylation is 2. The molecule has 2 aromatic rings. The standard InChI is InChI=1S/C21H27N3O2.2CH4/c1-14-11-18(12-15(2)22-14)17-5-4-8-24(13-17)16(3)19-6-7-20-21(23-19)26-10-9-25-20;;/h6-7,11-12,16-17H,4-5,8-10,13H2,1-3H3;2*1H4/t16-,17+;;/m0../s1. The summed E-state index contributed by atoms with van der Waals surface area (Å²) < 4.78 is 11.3. The topological polar surface area (TPSA) is 47.5 Å². The van der Waals surface area contributed by atoms with Crippen LogP contribution in [0.4, 0.5) is 0 Å². The molecular weight excluding hydrogens is 350 g/mol. The van der Waals surface area contributed by atoms with E-state index in [1.165, 1.54) is 18.4 Å². The van der Waals surface area contributed by atoms with Gasteiger partial charge in [-0.05, 0) is 75.9 Å². The van der Waals surface area contributed by atoms with E-state index in [9.17, 15) is 0 Å². The second kappa shape index (κ2) is 9.37. The van der Waals surface area contributed by atoms with Crippen LogP contribution in [0.1, 0.15) is 69.2 Å². The highest BCUT2D eigenvalue weighted by Crippen LogP contribution is 2.34. The molecule has 2 aliphatic heterocycles. The first-order valence-electron chi connectivity index (χ1n) is 9.56. The number of hydrogen-bond donors (Lipinski definition) is 0. The lowest BCUT2D eigenvalue weighted by atomic mass is 9.89. The zero-order chi connectivity index (χ0) is 18.1. The fourth-order valence-electron chi connectivity index (χ4n) is 4.10. The molecule has 1 fully saturated rings. The molecule has 5 heteroatoms. The Morgan fingerprint density at radius 2 is 1.75 bits per heavy atom. The summed E-state index contributed by atoms with van der Waals surface area (Å²) in [7, 11) is 0. The molecule has 0 radical (unpaired) electrons. The third-order valence-electron chi connectivity index (χ3n) is 5.43. The van der Waals surface area contributed by atoms with Gasteiger partial charge in [0.25, 0.3) is 5.88 Å². The first kappa shape index (κ1) is 22.2. The average Bonchev–Trinajstić information content (AvgIpc) is 2.66. The predicted molar refractivity (Wildman–Crippen MR) is 114 cm³/mol. The number of ether oxygens (including phenoxy) is 2. The van der Waals surface area contributed by atoms with Gasteiger partial charge in [-0.2, -0.15) is 0 Å². The van der Waals surface area contributed by atoms with Crippen LogP contribution < -0.4 is 9.47 Å². The number of fused-ring (bicyclic) bond motifs is 1. The minimum absolute atomic E-state index is 0. The van der Waals surface area contributed by atoms with Gasteiger partial charge >= 0.3 is 0 Å². The third-order valence-corrected chi connectivity index (χ3v) is 5.43. The quantitative estimate of drug-likeness (QED) is 0.737. The Bertz CT molecular complexity index is 773. The molecule has 2 atom stereocenters. The molecular formula is C23H35N3O2. The number of piperidine rings is 1. The Labute approximate surface area is 170 Å². The maximum Gasteiger partial charge on any atom is 0.257 e. The van der Waals surface area contributed by atoms with Crippen molar-refractivity contribution in [2.45, 2.75) is 60.4 Å². The van der Waals surface area contributed by atoms with Crippen LogP contribution in [-0.2, 0) is 0 Å². The minimum Gasteiger partial charge on any atom is -0.484 e. The van der Waals surface area contributed by atoms with Crippen molar-refractivity contribution < 1.29 is 9.47 Å². The van der Waals surface area contributed by atoms with Crippen LogP contribution in [0.15, 0.2) is 24.3 Å². The molecule has 0 saturated carbocycles. The zero-order valence-corrected chi connectivity index (χ0v) is 15.9. The van der Waals surface area contributed by atoms with Crippen molar-refractivity contribution in [3.8, 4) is 11.6 Å². The van der Waals surface area contributed by atoms with Crippen molar-refractivity contribution in [1.82, 2.24) is 14.9 Å². The summed E-state index contributed by atoms with van der Waals surface area (Å²) in [5.41, 5.74) is 4.69. The number of likely N-dealkylation sites (tertiary alicyclic amines) is 1. The van der Waals surface area contributed by atoms with Gasteiger partial charge in [0, 0.05) is 24.0 Å². The smallest absolute Gasteiger partial charge is 0.257 e. The first-order chi connectivity index (χ1) is 12.6. The third kappa shape index (κ3) is 4.64. The molecule has 0 unspecified atom stereocenters. The van der Waals surface area contributed by atoms with Gasteiger partial charge in [0.15, 0.2) is 5.75 Å². The maximum atomic E-state index is 5.66. The van der Waals surface area contributed by atoms with Gasteiger partial charge in [-0.3, -0.25) is 9.88 Å². The van der Waals surface area contributed by atoms with E-state index in [1.807, 2.05) is 6.07 Å². The van der Waals surface area contributed by atoms with Crippen molar-refractivity contribution in [2.24, 2.45) is 0 Å². The fourth-order valence-corrected chi connectivity index (χ4v) is 4.10. The molecule has 0 aliphatic carbocycles. The number of rotatable bonds is 3. The molecule has 2 aromatic heterocycles. The lowest BCUT2D eigenvalue weighted by Crippen LogP contribution is -2.36. The molecule has 0 aromatic carbocycles. The van der Waals surface area contributed by atoms with Gasteiger partial charge in [0.2, 0.25) is 0 Å². The Balaban J connectivity index is 0.00000140. The van der Waals surface area contributed by atoms with Crippen molar-refractivity contribution >= 4 is 0 Å². The molecule has 28 heavy (non-hydrogen) atoms. The van der Waals surface area contributed by atoms with Gasteiger partial charge in [-0.25, -0.2) is 4.98 Å². The summed E-state index contributed by atoms with van der Waals surface area (Å²) in [6.07, 6.45) is 2.45. The van der Waals surface area contributed by atoms with Crippen LogP contribution in [0, 0.1) is 13.8 Å². The van der Waals surface area contributed by atoms with Gasteiger partial charge in [-0.15, -0.1) is 0 Å². The highest BCUT2D eigenvalue weighted by atomic mass is 16.6. The molecule has 0 bridgehead atoms. The molecule has 4 heterocycles. The van der Waals surface area contributed by atoms with Crippen LogP contribution in [0.3, 0.4) is 0 Å². The lowest BCUT2D eigenvalue weighted by molar-refractivity contribution is 0.147. The summed E-state index contributed by atoms with van der Waals surface area (Å²) in [6.45, 7) is 9.74. The normalized spacial score (nSPS) is 19.9. The first-order valence-corrected chi connectivity index (χ1v) is 9.56. The predicted octanol–water partition coefficient (Wildman–Crippen LogP) is 5.08. The van der Waals surface area contributed by atoms with Gasteiger partial charge in [0.1, 0.15) is 13.2 Å². The van der Waals surface area contributed by atoms with Crippen LogP contribution in [0.2, 0.25) is 0 Å². The number of nitrogens with zero attached hydrogens (tertiary/aromatic N) is 3. The van der Waals surface area contributed by atoms with Gasteiger partial charge in [0.05, 0.1) is 5.69 Å². The van der Waals surface area contributed by atoms with Crippen LogP contribution in [-0.4, -0.2) is 41.2 Å². The Hall–Kier alpha value is -2.14. The van der Waals surface area contributed by atoms with Gasteiger partial charge < -0.3 is 9.47 Å². The summed E-state index contributed by atoms with van der Waals surface area (Å²) in [5, 5.41) is 0. The number of aromatic nitrogens is 2. The van der Waals surface area contributed by atoms with E-state index in [4.69, 9.17) is 14.5 Å². The minimum atomic E-state index is 0. The monoisotopic (exact) mass is 385 g/mol. The SMILES string of the molecule is C.C.Cc1cc([C@@H]2CCCN([C@@H](C)c3ccc4c(n3)OCCO4)C2)cc(C)n1. The fraction of sp³-hybridized carbons (Fsp3) is 0.565. The largest absolute Gasteiger partial charge is 0.484 e. The second-order valence-corrected chi connectivity index (χ2v) is 7.43. The summed E-state index contributed by atoms with van der Waals surface area (Å²) in [4.78, 5) is 11.8. The Morgan fingerprint density at radius 3 is 2.50 bits per heavy atom. The molecule has 0 spiro atoms. The Kier molecular flexibility index (Phi) is 7.41. The van der Waals surface area contributed by atoms with E-state index < -0.39 is 0 Å². The van der Waals surface area contributed by atoms with Crippen LogP contribution >= 0.6 is 0 Å². The molecule has 1 saturated heterocycles. The van der Waals surface area contributed by atoms with Crippen molar-refractivity contribution in [3.63, 3.8) is 0 Å². The second-order valence-electron chi connectivity index (χ2n) is 7.43. The molecule has 2 aliphatic rings. The summed E-state index contributed by atoms with van der Waals surface area (Å²) in [5.74, 6) is 1.95. The van der Waals surface area contributed by atoms with E-state index in [2.05, 4.69) is 48.9 Å². The van der Waals surface area contributed by atoms with E-state index in [0.29, 0.717) is 25.0 Å². The molecule has 5 nitrogen and oxygen atoms in total.